The van der Waals surface area contributed by atoms with E-state index in [1.807, 2.05) is 13.8 Å². The van der Waals surface area contributed by atoms with Crippen molar-refractivity contribution < 1.29 is 24.2 Å². The molecule has 0 spiro atoms. The highest BCUT2D eigenvalue weighted by molar-refractivity contribution is 7.09. The minimum absolute atomic E-state index is 0.184. The molecule has 0 fully saturated rings. The molecular formula is C22H20ClN3O5S. The van der Waals surface area contributed by atoms with E-state index in [2.05, 4.69) is 14.7 Å². The van der Waals surface area contributed by atoms with Gasteiger partial charge in [0.05, 0.1) is 17.5 Å². The molecule has 32 heavy (non-hydrogen) atoms. The Morgan fingerprint density at radius 1 is 1.28 bits per heavy atom. The Kier molecular flexibility index (Phi) is 6.29. The van der Waals surface area contributed by atoms with Gasteiger partial charge < -0.3 is 14.6 Å². The summed E-state index contributed by atoms with van der Waals surface area (Å²) in [5, 5.41) is 12.9. The molecule has 4 rings (SSSR count). The number of carbonyl (C=O) groups excluding carboxylic acids is 1. The minimum atomic E-state index is -0.915. The topological polar surface area (TPSA) is 111 Å². The van der Waals surface area contributed by atoms with Crippen LogP contribution in [0.2, 0.25) is 5.02 Å². The molecule has 1 amide bonds. The maximum Gasteiger partial charge on any atom is 0.311 e. The molecule has 166 valence electrons. The van der Waals surface area contributed by atoms with Gasteiger partial charge in [-0.15, -0.1) is 0 Å². The van der Waals surface area contributed by atoms with Crippen LogP contribution in [0.15, 0.2) is 36.4 Å². The summed E-state index contributed by atoms with van der Waals surface area (Å²) >= 11 is 7.47. The number of aliphatic carboxylic acids is 1. The Hall–Kier alpha value is -3.17. The van der Waals surface area contributed by atoms with Crippen LogP contribution >= 0.6 is 23.1 Å². The molecule has 0 aliphatic carbocycles. The van der Waals surface area contributed by atoms with Gasteiger partial charge in [-0.05, 0) is 36.8 Å². The van der Waals surface area contributed by atoms with Gasteiger partial charge in [0.2, 0.25) is 5.13 Å². The second-order valence-corrected chi connectivity index (χ2v) is 8.70. The van der Waals surface area contributed by atoms with E-state index in [4.69, 9.17) is 21.1 Å². The molecular weight excluding hydrogens is 454 g/mol. The number of fused-ring (bicyclic) bond motifs is 1. The largest absolute Gasteiger partial charge is 0.493 e. The van der Waals surface area contributed by atoms with E-state index in [0.29, 0.717) is 52.4 Å². The average molecular weight is 474 g/mol. The van der Waals surface area contributed by atoms with E-state index < -0.39 is 11.9 Å². The van der Waals surface area contributed by atoms with E-state index in [-0.39, 0.29) is 16.8 Å². The third-order valence-electron chi connectivity index (χ3n) is 4.92. The summed E-state index contributed by atoms with van der Waals surface area (Å²) in [6, 6.07) is 9.70. The second kappa shape index (κ2) is 9.13. The summed E-state index contributed by atoms with van der Waals surface area (Å²) in [6.45, 7) is 4.28. The van der Waals surface area contributed by atoms with Crippen molar-refractivity contribution >= 4 is 40.1 Å². The molecule has 0 saturated carbocycles. The fourth-order valence-corrected chi connectivity index (χ4v) is 4.13. The average Bonchev–Trinajstić information content (AvgIpc) is 3.23. The number of carboxylic acid groups (broad SMARTS) is 1. The predicted molar refractivity (Wildman–Crippen MR) is 120 cm³/mol. The number of hydrogen-bond acceptors (Lipinski definition) is 7. The molecule has 2 aromatic carbocycles. The minimum Gasteiger partial charge on any atom is -0.493 e. The Morgan fingerprint density at radius 2 is 2.03 bits per heavy atom. The number of benzene rings is 2. The lowest BCUT2D eigenvalue weighted by atomic mass is 9.93. The fourth-order valence-electron chi connectivity index (χ4n) is 3.22. The van der Waals surface area contributed by atoms with Gasteiger partial charge >= 0.3 is 5.97 Å². The zero-order chi connectivity index (χ0) is 22.8. The third kappa shape index (κ3) is 4.68. The number of halogens is 1. The normalized spacial score (nSPS) is 15.1. The number of carboxylic acids is 1. The van der Waals surface area contributed by atoms with Crippen molar-refractivity contribution in [3.05, 3.63) is 58.4 Å². The SMILES string of the molecule is CC(C)c1nsc(NC(=O)c2ccc(Oc3cc4c(cc3Cl)C(C(=O)O)CCO4)cc2)n1. The van der Waals surface area contributed by atoms with Gasteiger partial charge in [0, 0.05) is 34.6 Å². The molecule has 0 saturated heterocycles. The van der Waals surface area contributed by atoms with Crippen LogP contribution in [0.25, 0.3) is 0 Å². The van der Waals surface area contributed by atoms with Crippen LogP contribution in [-0.2, 0) is 4.79 Å². The van der Waals surface area contributed by atoms with E-state index in [0.717, 1.165) is 11.5 Å². The van der Waals surface area contributed by atoms with Crippen LogP contribution in [0.1, 0.15) is 53.8 Å². The molecule has 0 radical (unpaired) electrons. The predicted octanol–water partition coefficient (Wildman–Crippen LogP) is 5.31. The Morgan fingerprint density at radius 3 is 2.69 bits per heavy atom. The van der Waals surface area contributed by atoms with Gasteiger partial charge in [-0.25, -0.2) is 4.98 Å². The Balaban J connectivity index is 1.46. The number of carbonyl (C=O) groups is 2. The van der Waals surface area contributed by atoms with E-state index in [1.165, 1.54) is 0 Å². The van der Waals surface area contributed by atoms with Crippen molar-refractivity contribution in [3.63, 3.8) is 0 Å². The van der Waals surface area contributed by atoms with E-state index >= 15 is 0 Å². The molecule has 1 aliphatic heterocycles. The summed E-state index contributed by atoms with van der Waals surface area (Å²) in [6.07, 6.45) is 0.387. The number of hydrogen-bond donors (Lipinski definition) is 2. The molecule has 1 unspecified atom stereocenters. The summed E-state index contributed by atoms with van der Waals surface area (Å²) in [5.41, 5.74) is 0.966. The van der Waals surface area contributed by atoms with Crippen LogP contribution in [0.3, 0.4) is 0 Å². The monoisotopic (exact) mass is 473 g/mol. The molecule has 2 heterocycles. The number of nitrogens with zero attached hydrogens (tertiary/aromatic N) is 2. The number of aromatic nitrogens is 2. The van der Waals surface area contributed by atoms with E-state index in [1.54, 1.807) is 36.4 Å². The molecule has 1 aromatic heterocycles. The number of anilines is 1. The highest BCUT2D eigenvalue weighted by Gasteiger charge is 2.29. The molecule has 0 bridgehead atoms. The smallest absolute Gasteiger partial charge is 0.311 e. The van der Waals surface area contributed by atoms with Gasteiger partial charge in [0.15, 0.2) is 0 Å². The van der Waals surface area contributed by atoms with Gasteiger partial charge in [-0.2, -0.15) is 4.37 Å². The van der Waals surface area contributed by atoms with Crippen LogP contribution in [-0.4, -0.2) is 32.9 Å². The van der Waals surface area contributed by atoms with Crippen molar-refractivity contribution in [2.24, 2.45) is 0 Å². The first-order valence-corrected chi connectivity index (χ1v) is 11.1. The van der Waals surface area contributed by atoms with Gasteiger partial charge in [-0.1, -0.05) is 25.4 Å². The highest BCUT2D eigenvalue weighted by Crippen LogP contribution is 2.41. The molecule has 10 heteroatoms. The lowest BCUT2D eigenvalue weighted by molar-refractivity contribution is -0.139. The van der Waals surface area contributed by atoms with Crippen LogP contribution in [0.5, 0.6) is 17.2 Å². The first-order valence-electron chi connectivity index (χ1n) is 9.93. The lowest BCUT2D eigenvalue weighted by Gasteiger charge is -2.24. The summed E-state index contributed by atoms with van der Waals surface area (Å²) in [5.74, 6) is 0.240. The summed E-state index contributed by atoms with van der Waals surface area (Å²) < 4.78 is 15.7. The Bertz CT molecular complexity index is 1160. The van der Waals surface area contributed by atoms with Crippen molar-refractivity contribution in [3.8, 4) is 17.2 Å². The van der Waals surface area contributed by atoms with Gasteiger partial charge in [0.1, 0.15) is 23.1 Å². The number of amides is 1. The molecule has 8 nitrogen and oxygen atoms in total. The number of nitrogens with one attached hydrogen (secondary N) is 1. The van der Waals surface area contributed by atoms with Gasteiger partial charge in [-0.3, -0.25) is 14.9 Å². The summed E-state index contributed by atoms with van der Waals surface area (Å²) in [7, 11) is 0. The lowest BCUT2D eigenvalue weighted by Crippen LogP contribution is -2.20. The Labute approximate surface area is 193 Å². The molecule has 1 atom stereocenters. The molecule has 1 aliphatic rings. The first kappa shape index (κ1) is 22.0. The number of rotatable bonds is 6. The molecule has 3 aromatic rings. The van der Waals surface area contributed by atoms with Crippen molar-refractivity contribution in [1.29, 1.82) is 0 Å². The zero-order valence-corrected chi connectivity index (χ0v) is 18.9. The van der Waals surface area contributed by atoms with Crippen LogP contribution in [0, 0.1) is 0 Å². The maximum absolute atomic E-state index is 12.5. The van der Waals surface area contributed by atoms with Crippen molar-refractivity contribution in [2.75, 3.05) is 11.9 Å². The third-order valence-corrected chi connectivity index (χ3v) is 5.86. The van der Waals surface area contributed by atoms with Crippen molar-refractivity contribution in [1.82, 2.24) is 9.36 Å². The second-order valence-electron chi connectivity index (χ2n) is 7.54. The van der Waals surface area contributed by atoms with Crippen molar-refractivity contribution in [2.45, 2.75) is 32.1 Å². The standard InChI is InChI=1S/C22H20ClN3O5S/c1-11(2)19-24-22(32-26-19)25-20(27)12-3-5-13(6-4-12)31-18-10-17-15(9-16(18)23)14(21(28)29)7-8-30-17/h3-6,9-11,14H,7-8H2,1-2H3,(H,28,29)(H,24,25,26,27). The number of ether oxygens (including phenoxy) is 2. The maximum atomic E-state index is 12.5. The van der Waals surface area contributed by atoms with Crippen LogP contribution in [0.4, 0.5) is 5.13 Å². The quantitative estimate of drug-likeness (QED) is 0.499. The highest BCUT2D eigenvalue weighted by atomic mass is 35.5. The first-order chi connectivity index (χ1) is 15.3. The van der Waals surface area contributed by atoms with Crippen LogP contribution < -0.4 is 14.8 Å². The molecule has 2 N–H and O–H groups in total. The fraction of sp³-hybridized carbons (Fsp3) is 0.273. The zero-order valence-electron chi connectivity index (χ0n) is 17.3. The van der Waals surface area contributed by atoms with E-state index in [9.17, 15) is 14.7 Å². The summed E-state index contributed by atoms with van der Waals surface area (Å²) in [4.78, 5) is 28.2. The van der Waals surface area contributed by atoms with Gasteiger partial charge in [0.25, 0.3) is 5.91 Å².